The van der Waals surface area contributed by atoms with E-state index in [-0.39, 0.29) is 34.0 Å². The molecule has 0 aromatic heterocycles. The number of rotatable bonds is 6. The Morgan fingerprint density at radius 2 is 1.61 bits per heavy atom. The highest BCUT2D eigenvalue weighted by Gasteiger charge is 2.43. The molecule has 0 aliphatic carbocycles. The lowest BCUT2D eigenvalue weighted by atomic mass is 10.1. The van der Waals surface area contributed by atoms with Gasteiger partial charge >= 0.3 is 0 Å². The monoisotopic (exact) mass is 483 g/mol. The quantitative estimate of drug-likeness (QED) is 0.357. The highest BCUT2D eigenvalue weighted by Crippen LogP contribution is 2.29. The molecule has 0 saturated carbocycles. The number of hydrogen-bond acceptors (Lipinski definition) is 4. The van der Waals surface area contributed by atoms with Crippen LogP contribution in [0.5, 0.6) is 0 Å². The van der Waals surface area contributed by atoms with E-state index in [1.165, 1.54) is 16.4 Å². The largest absolute Gasteiger partial charge is 0.340 e. The zero-order chi connectivity index (χ0) is 22.8. The minimum atomic E-state index is -3.99. The highest BCUT2D eigenvalue weighted by atomic mass is 35.5. The molecule has 1 aliphatic rings. The Morgan fingerprint density at radius 1 is 1.00 bits per heavy atom. The molecular weight excluding hydrogens is 458 g/mol. The second kappa shape index (κ2) is 9.28. The standard InChI is InChI=1S/C21H26ClN3O4S2/c1-16(2)21-24(13-14-25(21)31(28,29)19-7-5-4-6-8-19)20(15-22)23-30(26,27)18-11-9-17(3)10-12-18/h4-12,16,21H,13-15H2,1-3H3. The van der Waals surface area contributed by atoms with Gasteiger partial charge in [-0.25, -0.2) is 8.42 Å². The molecule has 1 heterocycles. The van der Waals surface area contributed by atoms with E-state index in [0.717, 1.165) is 5.56 Å². The van der Waals surface area contributed by atoms with E-state index in [1.807, 2.05) is 20.8 Å². The first-order valence-corrected chi connectivity index (χ1v) is 13.3. The normalized spacial score (nSPS) is 18.7. The lowest BCUT2D eigenvalue weighted by molar-refractivity contribution is 0.211. The molecule has 1 atom stereocenters. The van der Waals surface area contributed by atoms with E-state index >= 15 is 0 Å². The number of hydrogen-bond donors (Lipinski definition) is 0. The molecule has 1 fully saturated rings. The summed E-state index contributed by atoms with van der Waals surface area (Å²) in [6, 6.07) is 14.6. The van der Waals surface area contributed by atoms with Gasteiger partial charge < -0.3 is 4.90 Å². The summed E-state index contributed by atoms with van der Waals surface area (Å²) in [5, 5.41) is 0. The van der Waals surface area contributed by atoms with Crippen molar-refractivity contribution in [1.82, 2.24) is 9.21 Å². The summed E-state index contributed by atoms with van der Waals surface area (Å²) in [6.45, 7) is 6.14. The van der Waals surface area contributed by atoms with Gasteiger partial charge in [0.2, 0.25) is 10.0 Å². The summed E-state index contributed by atoms with van der Waals surface area (Å²) >= 11 is 6.11. The third-order valence-electron chi connectivity index (χ3n) is 5.12. The number of halogens is 1. The summed E-state index contributed by atoms with van der Waals surface area (Å²) in [4.78, 5) is 1.94. The van der Waals surface area contributed by atoms with E-state index in [0.29, 0.717) is 6.54 Å². The molecule has 3 rings (SSSR count). The fourth-order valence-electron chi connectivity index (χ4n) is 3.65. The first-order valence-electron chi connectivity index (χ1n) is 9.88. The van der Waals surface area contributed by atoms with E-state index < -0.39 is 26.2 Å². The Bertz CT molecular complexity index is 1150. The lowest BCUT2D eigenvalue weighted by Crippen LogP contribution is -2.48. The van der Waals surface area contributed by atoms with Crippen LogP contribution in [0.4, 0.5) is 0 Å². The van der Waals surface area contributed by atoms with Crippen molar-refractivity contribution in [2.24, 2.45) is 10.3 Å². The van der Waals surface area contributed by atoms with Gasteiger partial charge in [-0.3, -0.25) is 0 Å². The van der Waals surface area contributed by atoms with Crippen molar-refractivity contribution in [3.8, 4) is 0 Å². The van der Waals surface area contributed by atoms with Crippen LogP contribution in [0.25, 0.3) is 0 Å². The molecule has 1 saturated heterocycles. The van der Waals surface area contributed by atoms with Gasteiger partial charge in [0.25, 0.3) is 10.0 Å². The maximum Gasteiger partial charge on any atom is 0.283 e. The molecule has 10 heteroatoms. The van der Waals surface area contributed by atoms with Crippen LogP contribution in [0.3, 0.4) is 0 Å². The van der Waals surface area contributed by atoms with Crippen LogP contribution in [0.1, 0.15) is 19.4 Å². The second-order valence-electron chi connectivity index (χ2n) is 7.71. The average Bonchev–Trinajstić information content (AvgIpc) is 3.19. The molecule has 2 aromatic rings. The van der Waals surface area contributed by atoms with Gasteiger partial charge in [0, 0.05) is 13.1 Å². The zero-order valence-corrected chi connectivity index (χ0v) is 20.0. The minimum absolute atomic E-state index is 0.0646. The van der Waals surface area contributed by atoms with Gasteiger partial charge in [0.1, 0.15) is 5.84 Å². The number of benzene rings is 2. The van der Waals surface area contributed by atoms with Crippen molar-refractivity contribution in [3.63, 3.8) is 0 Å². The van der Waals surface area contributed by atoms with Crippen LogP contribution < -0.4 is 0 Å². The smallest absolute Gasteiger partial charge is 0.283 e. The maximum absolute atomic E-state index is 13.3. The van der Waals surface area contributed by atoms with Gasteiger partial charge in [-0.05, 0) is 37.1 Å². The van der Waals surface area contributed by atoms with Gasteiger partial charge in [-0.1, -0.05) is 49.7 Å². The number of aryl methyl sites for hydroxylation is 1. The van der Waals surface area contributed by atoms with Crippen LogP contribution >= 0.6 is 11.6 Å². The predicted molar refractivity (Wildman–Crippen MR) is 122 cm³/mol. The molecule has 2 aromatic carbocycles. The lowest BCUT2D eigenvalue weighted by Gasteiger charge is -2.34. The van der Waals surface area contributed by atoms with E-state index in [9.17, 15) is 16.8 Å². The Hall–Kier alpha value is -1.94. The van der Waals surface area contributed by atoms with Crippen molar-refractivity contribution in [1.29, 1.82) is 0 Å². The molecule has 1 unspecified atom stereocenters. The zero-order valence-electron chi connectivity index (χ0n) is 17.6. The molecule has 0 amide bonds. The van der Waals surface area contributed by atoms with Crippen LogP contribution in [-0.4, -0.2) is 57.0 Å². The molecular formula is C21H26ClN3O4S2. The molecule has 0 bridgehead atoms. The van der Waals surface area contributed by atoms with Crippen molar-refractivity contribution in [3.05, 3.63) is 60.2 Å². The fraction of sp³-hybridized carbons (Fsp3) is 0.381. The van der Waals surface area contributed by atoms with Crippen LogP contribution in [-0.2, 0) is 20.0 Å². The van der Waals surface area contributed by atoms with Crippen molar-refractivity contribution in [2.75, 3.05) is 19.0 Å². The summed E-state index contributed by atoms with van der Waals surface area (Å²) in [5.74, 6) is -0.156. The number of amidine groups is 1. The van der Waals surface area contributed by atoms with Gasteiger partial charge in [-0.15, -0.1) is 16.0 Å². The predicted octanol–water partition coefficient (Wildman–Crippen LogP) is 3.31. The molecule has 31 heavy (non-hydrogen) atoms. The molecule has 168 valence electrons. The third kappa shape index (κ3) is 4.95. The fourth-order valence-corrected chi connectivity index (χ4v) is 6.70. The molecule has 7 nitrogen and oxygen atoms in total. The second-order valence-corrected chi connectivity index (χ2v) is 11.5. The van der Waals surface area contributed by atoms with E-state index in [4.69, 9.17) is 11.6 Å². The average molecular weight is 484 g/mol. The SMILES string of the molecule is Cc1ccc(S(=O)(=O)N=C(CCl)N2CCN(S(=O)(=O)c3ccccc3)C2C(C)C)cc1. The Kier molecular flexibility index (Phi) is 7.10. The van der Waals surface area contributed by atoms with E-state index in [2.05, 4.69) is 4.40 Å². The van der Waals surface area contributed by atoms with Crippen LogP contribution in [0.15, 0.2) is 68.8 Å². The van der Waals surface area contributed by atoms with Crippen LogP contribution in [0.2, 0.25) is 0 Å². The number of sulfonamides is 2. The highest BCUT2D eigenvalue weighted by molar-refractivity contribution is 7.90. The van der Waals surface area contributed by atoms with Crippen molar-refractivity contribution >= 4 is 37.5 Å². The third-order valence-corrected chi connectivity index (χ3v) is 8.56. The van der Waals surface area contributed by atoms with Gasteiger partial charge in [0.15, 0.2) is 0 Å². The molecule has 0 spiro atoms. The Labute approximate surface area is 189 Å². The number of alkyl halides is 1. The first kappa shape index (κ1) is 23.7. The van der Waals surface area contributed by atoms with Gasteiger partial charge in [-0.2, -0.15) is 12.7 Å². The first-order chi connectivity index (χ1) is 14.6. The Balaban J connectivity index is 1.99. The minimum Gasteiger partial charge on any atom is -0.340 e. The molecule has 1 aliphatic heterocycles. The summed E-state index contributed by atoms with van der Waals surface area (Å²) < 4.78 is 57.6. The van der Waals surface area contributed by atoms with Crippen LogP contribution in [0, 0.1) is 12.8 Å². The maximum atomic E-state index is 13.3. The molecule has 0 N–H and O–H groups in total. The summed E-state index contributed by atoms with van der Waals surface area (Å²) in [6.07, 6.45) is -0.601. The summed E-state index contributed by atoms with van der Waals surface area (Å²) in [5.41, 5.74) is 0.932. The Morgan fingerprint density at radius 3 is 2.16 bits per heavy atom. The summed E-state index contributed by atoms with van der Waals surface area (Å²) in [7, 11) is -7.75. The van der Waals surface area contributed by atoms with Crippen molar-refractivity contribution in [2.45, 2.75) is 36.7 Å². The topological polar surface area (TPSA) is 87.1 Å². The number of nitrogens with zero attached hydrogens (tertiary/aromatic N) is 3. The van der Waals surface area contributed by atoms with E-state index in [1.54, 1.807) is 47.4 Å². The molecule has 0 radical (unpaired) electrons. The van der Waals surface area contributed by atoms with Crippen molar-refractivity contribution < 1.29 is 16.8 Å². The van der Waals surface area contributed by atoms with Gasteiger partial charge in [0.05, 0.1) is 21.8 Å².